The van der Waals surface area contributed by atoms with E-state index in [0.717, 1.165) is 25.0 Å². The van der Waals surface area contributed by atoms with Crippen molar-refractivity contribution in [2.24, 2.45) is 0 Å². The molecule has 0 aliphatic heterocycles. The first kappa shape index (κ1) is 13.2. The van der Waals surface area contributed by atoms with Crippen LogP contribution >= 0.6 is 0 Å². The van der Waals surface area contributed by atoms with Crippen LogP contribution in [-0.4, -0.2) is 22.2 Å². The largest absolute Gasteiger partial charge is 0.444 e. The predicted octanol–water partition coefficient (Wildman–Crippen LogP) is 1.88. The van der Waals surface area contributed by atoms with E-state index in [9.17, 15) is 5.11 Å². The van der Waals surface area contributed by atoms with Crippen LogP contribution in [0.4, 0.5) is 0 Å². The molecule has 16 heavy (non-hydrogen) atoms. The fraction of sp³-hybridized carbons (Fsp3) is 0.750. The summed E-state index contributed by atoms with van der Waals surface area (Å²) in [5, 5.41) is 13.2. The van der Waals surface area contributed by atoms with Crippen molar-refractivity contribution in [3.8, 4) is 0 Å². The lowest BCUT2D eigenvalue weighted by Gasteiger charge is -2.25. The van der Waals surface area contributed by atoms with Crippen molar-refractivity contribution in [1.82, 2.24) is 10.3 Å². The fourth-order valence-corrected chi connectivity index (χ4v) is 1.50. The van der Waals surface area contributed by atoms with E-state index in [1.807, 2.05) is 20.8 Å². The molecule has 1 aromatic heterocycles. The minimum Gasteiger partial charge on any atom is -0.444 e. The van der Waals surface area contributed by atoms with E-state index in [-0.39, 0.29) is 0 Å². The molecule has 0 aliphatic rings. The molecule has 0 atom stereocenters. The van der Waals surface area contributed by atoms with E-state index in [1.54, 1.807) is 6.20 Å². The van der Waals surface area contributed by atoms with Crippen LogP contribution in [0.3, 0.4) is 0 Å². The van der Waals surface area contributed by atoms with E-state index in [0.29, 0.717) is 19.0 Å². The minimum absolute atomic E-state index is 0.572. The lowest BCUT2D eigenvalue weighted by atomic mass is 9.98. The number of hydrogen-bond donors (Lipinski definition) is 2. The quantitative estimate of drug-likeness (QED) is 0.745. The van der Waals surface area contributed by atoms with Crippen molar-refractivity contribution in [3.63, 3.8) is 0 Å². The van der Waals surface area contributed by atoms with E-state index in [1.165, 1.54) is 0 Å². The van der Waals surface area contributed by atoms with Crippen molar-refractivity contribution in [3.05, 3.63) is 17.8 Å². The first-order valence-corrected chi connectivity index (χ1v) is 6.00. The lowest BCUT2D eigenvalue weighted by molar-refractivity contribution is 0.0318. The number of nitrogens with one attached hydrogen (secondary N) is 1. The highest BCUT2D eigenvalue weighted by atomic mass is 16.4. The van der Waals surface area contributed by atoms with Gasteiger partial charge in [-0.2, -0.15) is 0 Å². The van der Waals surface area contributed by atoms with Crippen LogP contribution in [0.1, 0.15) is 45.3 Å². The smallest absolute Gasteiger partial charge is 0.208 e. The van der Waals surface area contributed by atoms with Gasteiger partial charge in [-0.3, -0.25) is 0 Å². The summed E-state index contributed by atoms with van der Waals surface area (Å²) in [7, 11) is 0. The van der Waals surface area contributed by atoms with Gasteiger partial charge in [-0.05, 0) is 12.8 Å². The topological polar surface area (TPSA) is 58.3 Å². The van der Waals surface area contributed by atoms with Gasteiger partial charge in [-0.1, -0.05) is 20.8 Å². The molecule has 0 amide bonds. The summed E-state index contributed by atoms with van der Waals surface area (Å²) in [6.45, 7) is 7.16. The van der Waals surface area contributed by atoms with Gasteiger partial charge in [0.25, 0.3) is 0 Å². The molecule has 0 fully saturated rings. The fourth-order valence-electron chi connectivity index (χ4n) is 1.50. The summed E-state index contributed by atoms with van der Waals surface area (Å²) in [5.41, 5.74) is -0.611. The molecule has 0 bridgehead atoms. The van der Waals surface area contributed by atoms with Crippen LogP contribution in [0, 0.1) is 0 Å². The highest BCUT2D eigenvalue weighted by Gasteiger charge is 2.21. The van der Waals surface area contributed by atoms with Crippen molar-refractivity contribution in [1.29, 1.82) is 0 Å². The van der Waals surface area contributed by atoms with Gasteiger partial charge in [0.15, 0.2) is 0 Å². The minimum atomic E-state index is -0.611. The van der Waals surface area contributed by atoms with Gasteiger partial charge in [0, 0.05) is 13.0 Å². The van der Waals surface area contributed by atoms with Gasteiger partial charge >= 0.3 is 0 Å². The number of aryl methyl sites for hydroxylation is 1. The van der Waals surface area contributed by atoms with E-state index < -0.39 is 5.60 Å². The molecule has 92 valence electrons. The standard InChI is InChI=1S/C12H22N2O2/c1-4-10-7-14-11(16-10)8-13-9-12(15,5-2)6-3/h7,13,15H,4-6,8-9H2,1-3H3. The van der Waals surface area contributed by atoms with Crippen LogP contribution in [0.2, 0.25) is 0 Å². The maximum Gasteiger partial charge on any atom is 0.208 e. The Balaban J connectivity index is 2.35. The molecular formula is C12H22N2O2. The second-order valence-electron chi connectivity index (χ2n) is 4.11. The molecule has 1 rings (SSSR count). The van der Waals surface area contributed by atoms with Crippen molar-refractivity contribution < 1.29 is 9.52 Å². The zero-order chi connectivity index (χ0) is 12.0. The molecule has 0 saturated carbocycles. The zero-order valence-corrected chi connectivity index (χ0v) is 10.4. The second kappa shape index (κ2) is 6.01. The van der Waals surface area contributed by atoms with Crippen LogP contribution in [0.5, 0.6) is 0 Å². The van der Waals surface area contributed by atoms with Crippen LogP contribution in [0.15, 0.2) is 10.6 Å². The van der Waals surface area contributed by atoms with Gasteiger partial charge in [-0.25, -0.2) is 4.98 Å². The highest BCUT2D eigenvalue weighted by molar-refractivity contribution is 4.93. The summed E-state index contributed by atoms with van der Waals surface area (Å²) < 4.78 is 5.46. The van der Waals surface area contributed by atoms with Gasteiger partial charge in [0.05, 0.1) is 18.3 Å². The van der Waals surface area contributed by atoms with Crippen LogP contribution < -0.4 is 5.32 Å². The molecule has 1 heterocycles. The molecule has 0 saturated heterocycles. The molecule has 0 unspecified atom stereocenters. The Morgan fingerprint density at radius 1 is 1.38 bits per heavy atom. The van der Waals surface area contributed by atoms with Gasteiger partial charge < -0.3 is 14.8 Å². The first-order valence-electron chi connectivity index (χ1n) is 6.00. The maximum atomic E-state index is 10.0. The lowest BCUT2D eigenvalue weighted by Crippen LogP contribution is -2.39. The third kappa shape index (κ3) is 3.61. The number of aromatic nitrogens is 1. The average molecular weight is 226 g/mol. The molecule has 0 radical (unpaired) electrons. The summed E-state index contributed by atoms with van der Waals surface area (Å²) in [6.07, 6.45) is 4.12. The Labute approximate surface area is 97.1 Å². The Hall–Kier alpha value is -0.870. The normalized spacial score (nSPS) is 12.0. The molecule has 1 aromatic rings. The van der Waals surface area contributed by atoms with Crippen LogP contribution in [-0.2, 0) is 13.0 Å². The number of hydrogen-bond acceptors (Lipinski definition) is 4. The monoisotopic (exact) mass is 226 g/mol. The summed E-state index contributed by atoms with van der Waals surface area (Å²) in [4.78, 5) is 4.15. The van der Waals surface area contributed by atoms with E-state index in [2.05, 4.69) is 10.3 Å². The number of rotatable bonds is 7. The molecule has 2 N–H and O–H groups in total. The van der Waals surface area contributed by atoms with Gasteiger partial charge in [0.2, 0.25) is 5.89 Å². The number of nitrogens with zero attached hydrogens (tertiary/aromatic N) is 1. The average Bonchev–Trinajstić information content (AvgIpc) is 2.77. The van der Waals surface area contributed by atoms with E-state index in [4.69, 9.17) is 4.42 Å². The van der Waals surface area contributed by atoms with E-state index >= 15 is 0 Å². The Morgan fingerprint density at radius 2 is 2.06 bits per heavy atom. The van der Waals surface area contributed by atoms with Crippen molar-refractivity contribution in [2.45, 2.75) is 52.2 Å². The molecule has 4 nitrogen and oxygen atoms in total. The Kier molecular flexibility index (Phi) is 4.96. The van der Waals surface area contributed by atoms with Gasteiger partial charge in [0.1, 0.15) is 5.76 Å². The zero-order valence-electron chi connectivity index (χ0n) is 10.4. The molecular weight excluding hydrogens is 204 g/mol. The Morgan fingerprint density at radius 3 is 2.56 bits per heavy atom. The third-order valence-electron chi connectivity index (χ3n) is 3.00. The second-order valence-corrected chi connectivity index (χ2v) is 4.11. The summed E-state index contributed by atoms with van der Waals surface area (Å²) >= 11 is 0. The third-order valence-corrected chi connectivity index (χ3v) is 3.00. The van der Waals surface area contributed by atoms with Crippen molar-refractivity contribution >= 4 is 0 Å². The molecule has 0 spiro atoms. The summed E-state index contributed by atoms with van der Waals surface area (Å²) in [5.74, 6) is 1.59. The molecule has 0 aliphatic carbocycles. The summed E-state index contributed by atoms with van der Waals surface area (Å²) in [6, 6.07) is 0. The number of oxazole rings is 1. The van der Waals surface area contributed by atoms with Crippen LogP contribution in [0.25, 0.3) is 0 Å². The van der Waals surface area contributed by atoms with Crippen molar-refractivity contribution in [2.75, 3.05) is 6.54 Å². The molecule has 0 aromatic carbocycles. The SMILES string of the molecule is CCc1cnc(CNCC(O)(CC)CC)o1. The van der Waals surface area contributed by atoms with Gasteiger partial charge in [-0.15, -0.1) is 0 Å². The maximum absolute atomic E-state index is 10.0. The Bertz CT molecular complexity index is 306. The molecule has 4 heteroatoms. The number of aliphatic hydroxyl groups is 1. The predicted molar refractivity (Wildman–Crippen MR) is 63.1 cm³/mol. The first-order chi connectivity index (χ1) is 7.63. The highest BCUT2D eigenvalue weighted by Crippen LogP contribution is 2.13.